The molecule has 0 saturated carbocycles. The first kappa shape index (κ1) is 16.7. The number of halogens is 1. The first-order valence-corrected chi connectivity index (χ1v) is 8.60. The number of carbonyl (C=O) groups is 2. The van der Waals surface area contributed by atoms with Crippen LogP contribution in [0.4, 0.5) is 4.39 Å². The van der Waals surface area contributed by atoms with Gasteiger partial charge in [0.25, 0.3) is 0 Å². The van der Waals surface area contributed by atoms with Crippen molar-refractivity contribution < 1.29 is 14.0 Å². The van der Waals surface area contributed by atoms with E-state index in [0.717, 1.165) is 30.5 Å². The Morgan fingerprint density at radius 1 is 1.38 bits per heavy atom. The lowest BCUT2D eigenvalue weighted by Crippen LogP contribution is -2.52. The number of piperidine rings is 1. The highest BCUT2D eigenvalue weighted by atomic mass is 19.1. The van der Waals surface area contributed by atoms with Crippen LogP contribution < -0.4 is 5.32 Å². The Labute approximate surface area is 141 Å². The smallest absolute Gasteiger partial charge is 0.232 e. The summed E-state index contributed by atoms with van der Waals surface area (Å²) in [4.78, 5) is 26.9. The molecule has 1 aromatic carbocycles. The Morgan fingerprint density at radius 3 is 2.96 bits per heavy atom. The van der Waals surface area contributed by atoms with E-state index < -0.39 is 5.41 Å². The number of hydrogen-bond donors (Lipinski definition) is 1. The van der Waals surface area contributed by atoms with Crippen molar-refractivity contribution in [1.29, 1.82) is 0 Å². The highest BCUT2D eigenvalue weighted by molar-refractivity contribution is 5.91. The van der Waals surface area contributed by atoms with Gasteiger partial charge in [-0.05, 0) is 50.3 Å². The number of rotatable bonds is 4. The molecule has 2 aliphatic rings. The fraction of sp³-hybridized carbons (Fsp3) is 0.474. The topological polar surface area (TPSA) is 49.4 Å². The number of amides is 2. The average molecular weight is 330 g/mol. The minimum Gasteiger partial charge on any atom is -0.351 e. The number of allylic oxidation sites excluding steroid dienone is 1. The van der Waals surface area contributed by atoms with Crippen LogP contribution in [-0.2, 0) is 16.1 Å². The second-order valence-corrected chi connectivity index (χ2v) is 6.51. The van der Waals surface area contributed by atoms with Gasteiger partial charge >= 0.3 is 0 Å². The summed E-state index contributed by atoms with van der Waals surface area (Å²) in [5.74, 6) is -0.263. The Balaban J connectivity index is 1.80. The van der Waals surface area contributed by atoms with Gasteiger partial charge in [-0.2, -0.15) is 0 Å². The number of nitrogens with zero attached hydrogens (tertiary/aromatic N) is 1. The third-order valence-electron chi connectivity index (χ3n) is 5.09. The van der Waals surface area contributed by atoms with Gasteiger partial charge in [0.2, 0.25) is 11.8 Å². The summed E-state index contributed by atoms with van der Waals surface area (Å²) in [6, 6.07) is 6.25. The van der Waals surface area contributed by atoms with Crippen LogP contribution in [0, 0.1) is 11.2 Å². The van der Waals surface area contributed by atoms with E-state index in [-0.39, 0.29) is 17.6 Å². The van der Waals surface area contributed by atoms with E-state index in [1.165, 1.54) is 12.1 Å². The molecule has 24 heavy (non-hydrogen) atoms. The van der Waals surface area contributed by atoms with E-state index in [1.807, 2.05) is 13.0 Å². The maximum atomic E-state index is 13.3. The Morgan fingerprint density at radius 2 is 2.21 bits per heavy atom. The first-order chi connectivity index (χ1) is 11.6. The zero-order valence-electron chi connectivity index (χ0n) is 14.0. The van der Waals surface area contributed by atoms with Gasteiger partial charge in [-0.1, -0.05) is 18.2 Å². The van der Waals surface area contributed by atoms with Gasteiger partial charge in [0.15, 0.2) is 0 Å². The lowest BCUT2D eigenvalue weighted by atomic mass is 9.69. The van der Waals surface area contributed by atoms with Crippen molar-refractivity contribution in [3.8, 4) is 0 Å². The van der Waals surface area contributed by atoms with E-state index in [9.17, 15) is 14.0 Å². The van der Waals surface area contributed by atoms with Gasteiger partial charge < -0.3 is 10.2 Å². The van der Waals surface area contributed by atoms with Gasteiger partial charge in [-0.25, -0.2) is 4.39 Å². The third-order valence-corrected chi connectivity index (χ3v) is 5.09. The normalized spacial score (nSPS) is 23.5. The molecule has 1 N–H and O–H groups in total. The van der Waals surface area contributed by atoms with Crippen molar-refractivity contribution >= 4 is 11.8 Å². The second kappa shape index (κ2) is 6.75. The largest absolute Gasteiger partial charge is 0.351 e. The Hall–Kier alpha value is -2.17. The highest BCUT2D eigenvalue weighted by Crippen LogP contribution is 2.46. The highest BCUT2D eigenvalue weighted by Gasteiger charge is 2.48. The minimum absolute atomic E-state index is 0.0522. The lowest BCUT2D eigenvalue weighted by Gasteiger charge is -2.45. The van der Waals surface area contributed by atoms with E-state index in [4.69, 9.17) is 0 Å². The summed E-state index contributed by atoms with van der Waals surface area (Å²) < 4.78 is 13.3. The van der Waals surface area contributed by atoms with Crippen molar-refractivity contribution in [2.75, 3.05) is 6.54 Å². The molecule has 0 radical (unpaired) electrons. The van der Waals surface area contributed by atoms with Gasteiger partial charge in [0, 0.05) is 25.2 Å². The van der Waals surface area contributed by atoms with E-state index in [1.54, 1.807) is 17.0 Å². The molecule has 5 heteroatoms. The number of fused-ring (bicyclic) bond motifs is 1. The van der Waals surface area contributed by atoms with Crippen LogP contribution in [0.25, 0.3) is 0 Å². The first-order valence-electron chi connectivity index (χ1n) is 8.60. The van der Waals surface area contributed by atoms with Crippen molar-refractivity contribution in [2.45, 2.75) is 45.6 Å². The van der Waals surface area contributed by atoms with Crippen LogP contribution >= 0.6 is 0 Å². The molecule has 128 valence electrons. The molecule has 1 heterocycles. The fourth-order valence-electron chi connectivity index (χ4n) is 3.87. The molecule has 0 aromatic heterocycles. The maximum Gasteiger partial charge on any atom is 0.232 e. The van der Waals surface area contributed by atoms with Crippen LogP contribution in [-0.4, -0.2) is 23.3 Å². The molecule has 1 fully saturated rings. The number of hydrogen-bond acceptors (Lipinski definition) is 2. The predicted molar refractivity (Wildman–Crippen MR) is 89.2 cm³/mol. The Bertz CT molecular complexity index is 686. The molecule has 1 aromatic rings. The molecular formula is C19H23FN2O2. The minimum atomic E-state index is -0.616. The molecular weight excluding hydrogens is 307 g/mol. The summed E-state index contributed by atoms with van der Waals surface area (Å²) in [5, 5.41) is 2.96. The van der Waals surface area contributed by atoms with Crippen molar-refractivity contribution in [1.82, 2.24) is 10.2 Å². The van der Waals surface area contributed by atoms with Crippen molar-refractivity contribution in [2.24, 2.45) is 5.41 Å². The quantitative estimate of drug-likeness (QED) is 0.922. The third kappa shape index (κ3) is 2.95. The standard InChI is InChI=1S/C19H23FN2O2/c1-2-22-16-8-3-4-10-19(16,11-9-17(22)23)18(24)21-13-14-6-5-7-15(20)12-14/h5-8,12H,2-4,9-11,13H2,1H3,(H,21,24). The van der Waals surface area contributed by atoms with Gasteiger partial charge in [0.1, 0.15) is 5.82 Å². The monoisotopic (exact) mass is 330 g/mol. The van der Waals surface area contributed by atoms with E-state index in [2.05, 4.69) is 5.32 Å². The SMILES string of the molecule is CCN1C(=O)CCC2(C(=O)NCc3cccc(F)c3)CCCC=C12. The van der Waals surface area contributed by atoms with Crippen molar-refractivity contribution in [3.63, 3.8) is 0 Å². The molecule has 3 rings (SSSR count). The summed E-state index contributed by atoms with van der Waals surface area (Å²) in [6.45, 7) is 2.82. The fourth-order valence-corrected chi connectivity index (χ4v) is 3.87. The maximum absolute atomic E-state index is 13.3. The molecule has 1 saturated heterocycles. The van der Waals surface area contributed by atoms with E-state index >= 15 is 0 Å². The van der Waals surface area contributed by atoms with Crippen molar-refractivity contribution in [3.05, 3.63) is 47.4 Å². The van der Waals surface area contributed by atoms with E-state index in [0.29, 0.717) is 25.9 Å². The molecule has 1 unspecified atom stereocenters. The molecule has 1 aliphatic heterocycles. The number of likely N-dealkylation sites (tertiary alicyclic amines) is 1. The summed E-state index contributed by atoms with van der Waals surface area (Å²) in [5.41, 5.74) is 0.986. The van der Waals surface area contributed by atoms with Gasteiger partial charge in [0.05, 0.1) is 5.41 Å². The summed E-state index contributed by atoms with van der Waals surface area (Å²) in [7, 11) is 0. The number of carbonyl (C=O) groups excluding carboxylic acids is 2. The zero-order chi connectivity index (χ0) is 17.2. The van der Waals surface area contributed by atoms with Crippen LogP contribution in [0.2, 0.25) is 0 Å². The molecule has 4 nitrogen and oxygen atoms in total. The number of benzene rings is 1. The average Bonchev–Trinajstić information content (AvgIpc) is 2.59. The second-order valence-electron chi connectivity index (χ2n) is 6.51. The van der Waals surface area contributed by atoms with Gasteiger partial charge in [-0.3, -0.25) is 9.59 Å². The summed E-state index contributed by atoms with van der Waals surface area (Å²) >= 11 is 0. The predicted octanol–water partition coefficient (Wildman–Crippen LogP) is 3.14. The molecule has 0 spiro atoms. The lowest BCUT2D eigenvalue weighted by molar-refractivity contribution is -0.140. The molecule has 1 atom stereocenters. The molecule has 2 amide bonds. The van der Waals surface area contributed by atoms with Crippen LogP contribution in [0.3, 0.4) is 0 Å². The Kier molecular flexibility index (Phi) is 4.69. The van der Waals surface area contributed by atoms with Crippen LogP contribution in [0.15, 0.2) is 36.0 Å². The van der Waals surface area contributed by atoms with Crippen LogP contribution in [0.1, 0.15) is 44.6 Å². The number of nitrogens with one attached hydrogen (secondary N) is 1. The molecule has 0 bridgehead atoms. The van der Waals surface area contributed by atoms with Crippen LogP contribution in [0.5, 0.6) is 0 Å². The van der Waals surface area contributed by atoms with Gasteiger partial charge in [-0.15, -0.1) is 0 Å². The summed E-state index contributed by atoms with van der Waals surface area (Å²) in [6.07, 6.45) is 5.62. The molecule has 1 aliphatic carbocycles. The zero-order valence-corrected chi connectivity index (χ0v) is 14.0.